The number of thioether (sulfide) groups is 1. The van der Waals surface area contributed by atoms with Crippen LogP contribution < -0.4 is 19.7 Å². The predicted octanol–water partition coefficient (Wildman–Crippen LogP) is 5.34. The number of ether oxygens (including phenoxy) is 2. The average molecular weight is 536 g/mol. The number of hydrogen-bond acceptors (Lipinski definition) is 8. The van der Waals surface area contributed by atoms with E-state index in [1.807, 2.05) is 31.2 Å². The van der Waals surface area contributed by atoms with Gasteiger partial charge in [-0.3, -0.25) is 24.6 Å². The standard InChI is InChI=1S/C26H21N3O6S2/c1-16-6-9-19(10-7-16)28-25(31)23(37-26(28)36)13-17-8-11-21(22(12-17)34-2)35-15-24(30)27-18-4-3-5-20(14-18)29(32)33/h3-14H,15H2,1-2H3,(H,27,30)/b23-13+. The molecule has 11 heteroatoms. The van der Waals surface area contributed by atoms with Crippen molar-refractivity contribution in [3.63, 3.8) is 0 Å². The summed E-state index contributed by atoms with van der Waals surface area (Å²) in [6, 6.07) is 18.2. The zero-order valence-corrected chi connectivity index (χ0v) is 21.4. The monoisotopic (exact) mass is 535 g/mol. The van der Waals surface area contributed by atoms with Crippen LogP contribution in [0.2, 0.25) is 0 Å². The van der Waals surface area contributed by atoms with Crippen molar-refractivity contribution in [2.24, 2.45) is 0 Å². The molecule has 3 aromatic carbocycles. The van der Waals surface area contributed by atoms with Crippen LogP contribution in [0.25, 0.3) is 6.08 Å². The van der Waals surface area contributed by atoms with Crippen molar-refractivity contribution in [2.45, 2.75) is 6.92 Å². The molecule has 1 N–H and O–H groups in total. The molecule has 37 heavy (non-hydrogen) atoms. The van der Waals surface area contributed by atoms with Crippen molar-refractivity contribution in [3.05, 3.63) is 92.9 Å². The summed E-state index contributed by atoms with van der Waals surface area (Å²) >= 11 is 6.64. The fourth-order valence-corrected chi connectivity index (χ4v) is 4.77. The third-order valence-electron chi connectivity index (χ3n) is 5.27. The molecule has 1 saturated heterocycles. The first kappa shape index (κ1) is 25.9. The highest BCUT2D eigenvalue weighted by molar-refractivity contribution is 8.27. The smallest absolute Gasteiger partial charge is 0.271 e. The van der Waals surface area contributed by atoms with Crippen LogP contribution in [-0.4, -0.2) is 34.8 Å². The lowest BCUT2D eigenvalue weighted by Gasteiger charge is -2.14. The summed E-state index contributed by atoms with van der Waals surface area (Å²) in [7, 11) is 1.46. The minimum absolute atomic E-state index is 0.133. The number of hydrogen-bond donors (Lipinski definition) is 1. The second-order valence-corrected chi connectivity index (χ2v) is 9.58. The van der Waals surface area contributed by atoms with Gasteiger partial charge in [0.25, 0.3) is 17.5 Å². The number of aryl methyl sites for hydroxylation is 1. The second-order valence-electron chi connectivity index (χ2n) is 7.91. The van der Waals surface area contributed by atoms with Gasteiger partial charge in [0.2, 0.25) is 0 Å². The Kier molecular flexibility index (Phi) is 7.85. The van der Waals surface area contributed by atoms with E-state index in [0.717, 1.165) is 5.56 Å². The van der Waals surface area contributed by atoms with Gasteiger partial charge in [-0.15, -0.1) is 0 Å². The van der Waals surface area contributed by atoms with Gasteiger partial charge in [-0.1, -0.05) is 53.8 Å². The van der Waals surface area contributed by atoms with Gasteiger partial charge in [0.1, 0.15) is 0 Å². The van der Waals surface area contributed by atoms with E-state index in [0.29, 0.717) is 32.0 Å². The van der Waals surface area contributed by atoms with E-state index in [-0.39, 0.29) is 23.9 Å². The minimum atomic E-state index is -0.543. The molecule has 0 radical (unpaired) electrons. The zero-order chi connectivity index (χ0) is 26.5. The Morgan fingerprint density at radius 2 is 1.89 bits per heavy atom. The molecule has 9 nitrogen and oxygen atoms in total. The molecular weight excluding hydrogens is 514 g/mol. The van der Waals surface area contributed by atoms with Crippen molar-refractivity contribution in [1.82, 2.24) is 0 Å². The first-order valence-electron chi connectivity index (χ1n) is 10.9. The molecule has 0 atom stereocenters. The van der Waals surface area contributed by atoms with Crippen molar-refractivity contribution in [1.29, 1.82) is 0 Å². The van der Waals surface area contributed by atoms with Crippen LogP contribution in [0.1, 0.15) is 11.1 Å². The Hall–Kier alpha value is -4.22. The van der Waals surface area contributed by atoms with E-state index in [4.69, 9.17) is 21.7 Å². The number of nitrogens with one attached hydrogen (secondary N) is 1. The Labute approximate surface area is 222 Å². The van der Waals surface area contributed by atoms with Gasteiger partial charge in [-0.25, -0.2) is 0 Å². The highest BCUT2D eigenvalue weighted by atomic mass is 32.2. The van der Waals surface area contributed by atoms with Crippen LogP contribution in [0, 0.1) is 17.0 Å². The average Bonchev–Trinajstić information content (AvgIpc) is 3.16. The molecule has 1 heterocycles. The SMILES string of the molecule is COc1cc(/C=C2/SC(=S)N(c3ccc(C)cc3)C2=O)ccc1OCC(=O)Nc1cccc([N+](=O)[O-])c1. The number of carbonyl (C=O) groups excluding carboxylic acids is 2. The molecule has 0 saturated carbocycles. The molecule has 4 rings (SSSR count). The molecule has 1 aliphatic rings. The maximum absolute atomic E-state index is 13.0. The number of nitro benzene ring substituents is 1. The van der Waals surface area contributed by atoms with E-state index in [9.17, 15) is 19.7 Å². The second kappa shape index (κ2) is 11.2. The number of amides is 2. The van der Waals surface area contributed by atoms with Crippen LogP contribution in [-0.2, 0) is 9.59 Å². The summed E-state index contributed by atoms with van der Waals surface area (Å²) in [4.78, 5) is 37.6. The Balaban J connectivity index is 1.44. The summed E-state index contributed by atoms with van der Waals surface area (Å²) in [5.41, 5.74) is 2.64. The number of anilines is 2. The topological polar surface area (TPSA) is 111 Å². The molecule has 1 aliphatic heterocycles. The van der Waals surface area contributed by atoms with Crippen LogP contribution in [0.4, 0.5) is 17.1 Å². The van der Waals surface area contributed by atoms with Crippen LogP contribution >= 0.6 is 24.0 Å². The normalized spacial score (nSPS) is 14.1. The van der Waals surface area contributed by atoms with Crippen molar-refractivity contribution >= 4 is 63.3 Å². The molecule has 1 fully saturated rings. The Morgan fingerprint density at radius 3 is 2.59 bits per heavy atom. The van der Waals surface area contributed by atoms with Gasteiger partial charge in [0.15, 0.2) is 22.4 Å². The van der Waals surface area contributed by atoms with E-state index >= 15 is 0 Å². The molecule has 2 amide bonds. The van der Waals surface area contributed by atoms with Crippen LogP contribution in [0.3, 0.4) is 0 Å². The fourth-order valence-electron chi connectivity index (χ4n) is 3.47. The van der Waals surface area contributed by atoms with Gasteiger partial charge in [0.05, 0.1) is 22.6 Å². The van der Waals surface area contributed by atoms with Gasteiger partial charge in [-0.2, -0.15) is 0 Å². The first-order chi connectivity index (χ1) is 17.7. The molecule has 0 aromatic heterocycles. The predicted molar refractivity (Wildman–Crippen MR) is 147 cm³/mol. The fraction of sp³-hybridized carbons (Fsp3) is 0.115. The third-order valence-corrected chi connectivity index (χ3v) is 6.57. The maximum atomic E-state index is 13.0. The molecule has 0 unspecified atom stereocenters. The van der Waals surface area contributed by atoms with Gasteiger partial charge in [0, 0.05) is 17.8 Å². The van der Waals surface area contributed by atoms with Gasteiger partial charge in [-0.05, 0) is 48.9 Å². The van der Waals surface area contributed by atoms with Crippen LogP contribution in [0.15, 0.2) is 71.6 Å². The number of carbonyl (C=O) groups is 2. The zero-order valence-electron chi connectivity index (χ0n) is 19.8. The summed E-state index contributed by atoms with van der Waals surface area (Å²) in [6.45, 7) is 1.63. The molecular formula is C26H21N3O6S2. The number of methoxy groups -OCH3 is 1. The van der Waals surface area contributed by atoms with Crippen LogP contribution in [0.5, 0.6) is 11.5 Å². The van der Waals surface area contributed by atoms with E-state index in [1.54, 1.807) is 30.3 Å². The molecule has 3 aromatic rings. The number of thiocarbonyl (C=S) groups is 1. The highest BCUT2D eigenvalue weighted by Gasteiger charge is 2.33. The molecule has 0 aliphatic carbocycles. The lowest BCUT2D eigenvalue weighted by molar-refractivity contribution is -0.384. The summed E-state index contributed by atoms with van der Waals surface area (Å²) < 4.78 is 11.4. The van der Waals surface area contributed by atoms with E-state index in [1.165, 1.54) is 42.0 Å². The number of non-ortho nitro benzene ring substituents is 1. The van der Waals surface area contributed by atoms with Crippen molar-refractivity contribution in [3.8, 4) is 11.5 Å². The maximum Gasteiger partial charge on any atom is 0.271 e. The number of nitrogens with zero attached hydrogens (tertiary/aromatic N) is 2. The lowest BCUT2D eigenvalue weighted by atomic mass is 10.1. The molecule has 0 spiro atoms. The third kappa shape index (κ3) is 6.13. The summed E-state index contributed by atoms with van der Waals surface area (Å²) in [6.07, 6.45) is 1.72. The Morgan fingerprint density at radius 1 is 1.14 bits per heavy atom. The molecule has 0 bridgehead atoms. The molecule has 188 valence electrons. The summed E-state index contributed by atoms with van der Waals surface area (Å²) in [5.74, 6) is -0.0191. The van der Waals surface area contributed by atoms with Crippen molar-refractivity contribution < 1.29 is 24.0 Å². The van der Waals surface area contributed by atoms with Crippen molar-refractivity contribution in [2.75, 3.05) is 23.9 Å². The quantitative estimate of drug-likeness (QED) is 0.178. The highest BCUT2D eigenvalue weighted by Crippen LogP contribution is 2.37. The van der Waals surface area contributed by atoms with E-state index in [2.05, 4.69) is 5.32 Å². The van der Waals surface area contributed by atoms with Gasteiger partial charge < -0.3 is 14.8 Å². The largest absolute Gasteiger partial charge is 0.493 e. The van der Waals surface area contributed by atoms with Gasteiger partial charge >= 0.3 is 0 Å². The Bertz CT molecular complexity index is 1420. The number of rotatable bonds is 8. The van der Waals surface area contributed by atoms with E-state index < -0.39 is 10.8 Å². The minimum Gasteiger partial charge on any atom is -0.493 e. The first-order valence-corrected chi connectivity index (χ1v) is 12.2. The number of benzene rings is 3. The number of nitro groups is 1. The lowest BCUT2D eigenvalue weighted by Crippen LogP contribution is -2.27. The summed E-state index contributed by atoms with van der Waals surface area (Å²) in [5, 5.41) is 13.5.